The van der Waals surface area contributed by atoms with Crippen LogP contribution in [0, 0.1) is 11.3 Å². The van der Waals surface area contributed by atoms with Crippen molar-refractivity contribution in [3.05, 3.63) is 62.6 Å². The van der Waals surface area contributed by atoms with E-state index in [9.17, 15) is 14.9 Å². The molecule has 1 amide bonds. The largest absolute Gasteiger partial charge is 0.465 e. The molecule has 9 heteroatoms. The summed E-state index contributed by atoms with van der Waals surface area (Å²) in [5.74, 6) is -0.995. The lowest BCUT2D eigenvalue weighted by molar-refractivity contribution is -0.112. The molecule has 2 aromatic heterocycles. The number of nitriles is 1. The number of carbonyl (C=O) groups is 2. The van der Waals surface area contributed by atoms with Gasteiger partial charge in [-0.15, -0.1) is 11.3 Å². The van der Waals surface area contributed by atoms with Crippen molar-refractivity contribution in [3.8, 4) is 17.3 Å². The summed E-state index contributed by atoms with van der Waals surface area (Å²) in [6.45, 7) is 3.98. The molecule has 0 fully saturated rings. The lowest BCUT2D eigenvalue weighted by Crippen LogP contribution is -2.15. The van der Waals surface area contributed by atoms with Crippen LogP contribution in [0.1, 0.15) is 40.6 Å². The maximum absolute atomic E-state index is 12.8. The lowest BCUT2D eigenvalue weighted by Gasteiger charge is -2.05. The average Bonchev–Trinajstić information content (AvgIpc) is 3.39. The van der Waals surface area contributed by atoms with Crippen LogP contribution in [0.3, 0.4) is 0 Å². The Bertz CT molecular complexity index is 1190. The fourth-order valence-electron chi connectivity index (χ4n) is 2.78. The Kier molecular flexibility index (Phi) is 7.05. The molecule has 1 aromatic carbocycles. The Labute approximate surface area is 191 Å². The molecule has 0 unspecified atom stereocenters. The fraction of sp³-hybridized carbons (Fsp3) is 0.182. The van der Waals surface area contributed by atoms with E-state index in [0.717, 1.165) is 14.9 Å². The molecule has 3 rings (SSSR count). The van der Waals surface area contributed by atoms with Gasteiger partial charge in [0.25, 0.3) is 5.91 Å². The summed E-state index contributed by atoms with van der Waals surface area (Å²) in [4.78, 5) is 25.9. The van der Waals surface area contributed by atoms with Crippen LogP contribution in [0.15, 0.2) is 46.6 Å². The number of ether oxygens (including phenoxy) is 1. The number of carbonyl (C=O) groups excluding carboxylic acids is 2. The van der Waals surface area contributed by atoms with Gasteiger partial charge in [0.1, 0.15) is 16.6 Å². The molecule has 2 N–H and O–H groups in total. The van der Waals surface area contributed by atoms with Gasteiger partial charge in [0.2, 0.25) is 0 Å². The van der Waals surface area contributed by atoms with Crippen molar-refractivity contribution in [1.29, 1.82) is 5.26 Å². The minimum atomic E-state index is -0.618. The van der Waals surface area contributed by atoms with Gasteiger partial charge in [-0.25, -0.2) is 4.79 Å². The van der Waals surface area contributed by atoms with Crippen LogP contribution in [-0.4, -0.2) is 29.2 Å². The maximum atomic E-state index is 12.8. The van der Waals surface area contributed by atoms with Gasteiger partial charge in [-0.1, -0.05) is 41.9 Å². The van der Waals surface area contributed by atoms with Crippen molar-refractivity contribution in [2.75, 3.05) is 12.4 Å². The van der Waals surface area contributed by atoms with Gasteiger partial charge in [-0.3, -0.25) is 9.89 Å². The average molecular weight is 499 g/mol. The van der Waals surface area contributed by atoms with E-state index in [-0.39, 0.29) is 17.1 Å². The molecule has 7 nitrogen and oxygen atoms in total. The summed E-state index contributed by atoms with van der Waals surface area (Å²) < 4.78 is 5.75. The second kappa shape index (κ2) is 9.73. The third kappa shape index (κ3) is 5.10. The van der Waals surface area contributed by atoms with Crippen molar-refractivity contribution in [1.82, 2.24) is 10.2 Å². The molecular formula is C22H19BrN4O3S. The van der Waals surface area contributed by atoms with Gasteiger partial charge in [0.05, 0.1) is 24.6 Å². The van der Waals surface area contributed by atoms with Crippen molar-refractivity contribution in [2.24, 2.45) is 0 Å². The highest BCUT2D eigenvalue weighted by molar-refractivity contribution is 9.10. The quantitative estimate of drug-likeness (QED) is 0.270. The summed E-state index contributed by atoms with van der Waals surface area (Å²) in [5, 5.41) is 19.6. The van der Waals surface area contributed by atoms with Crippen molar-refractivity contribution in [3.63, 3.8) is 0 Å². The zero-order chi connectivity index (χ0) is 22.5. The number of anilines is 1. The third-order valence-electron chi connectivity index (χ3n) is 4.42. The summed E-state index contributed by atoms with van der Waals surface area (Å²) in [6.07, 6.45) is 3.01. The summed E-state index contributed by atoms with van der Waals surface area (Å²) >= 11 is 4.68. The van der Waals surface area contributed by atoms with Crippen LogP contribution in [0.4, 0.5) is 5.00 Å². The molecule has 0 radical (unpaired) electrons. The number of halogens is 1. The molecular weight excluding hydrogens is 480 g/mol. The molecule has 0 aliphatic carbocycles. The zero-order valence-electron chi connectivity index (χ0n) is 17.0. The number of hydrogen-bond donors (Lipinski definition) is 2. The Morgan fingerprint density at radius 3 is 2.65 bits per heavy atom. The Morgan fingerprint density at radius 2 is 2.03 bits per heavy atom. The molecule has 31 heavy (non-hydrogen) atoms. The first kappa shape index (κ1) is 22.5. The molecule has 158 valence electrons. The Balaban J connectivity index is 1.91. The predicted molar refractivity (Wildman–Crippen MR) is 124 cm³/mol. The molecule has 0 aliphatic rings. The topological polar surface area (TPSA) is 108 Å². The van der Waals surface area contributed by atoms with Gasteiger partial charge in [0.15, 0.2) is 0 Å². The van der Waals surface area contributed by atoms with Crippen LogP contribution in [0.2, 0.25) is 0 Å². The van der Waals surface area contributed by atoms with Crippen LogP contribution in [-0.2, 0) is 9.53 Å². The second-order valence-electron chi connectivity index (χ2n) is 6.87. The molecule has 0 bridgehead atoms. The van der Waals surface area contributed by atoms with Crippen LogP contribution >= 0.6 is 27.3 Å². The van der Waals surface area contributed by atoms with Gasteiger partial charge in [-0.05, 0) is 30.2 Å². The fourth-order valence-corrected chi connectivity index (χ4v) is 4.08. The lowest BCUT2D eigenvalue weighted by atomic mass is 10.1. The number of benzene rings is 1. The number of thiophene rings is 1. The monoisotopic (exact) mass is 498 g/mol. The minimum absolute atomic E-state index is 0.116. The molecule has 0 aliphatic heterocycles. The molecule has 3 aromatic rings. The van der Waals surface area contributed by atoms with Crippen LogP contribution in [0.25, 0.3) is 17.3 Å². The summed E-state index contributed by atoms with van der Waals surface area (Å²) in [5.41, 5.74) is 2.28. The van der Waals surface area contributed by atoms with E-state index in [0.29, 0.717) is 16.3 Å². The first-order valence-electron chi connectivity index (χ1n) is 9.28. The molecule has 0 atom stereocenters. The number of aromatic nitrogens is 2. The highest BCUT2D eigenvalue weighted by Crippen LogP contribution is 2.34. The van der Waals surface area contributed by atoms with Crippen molar-refractivity contribution in [2.45, 2.75) is 19.8 Å². The number of aromatic amines is 1. The standard InChI is InChI=1S/C22H19BrN4O3S/c1-12(2)18-9-17(22(29)30-3)21(31-18)26-20(28)14(10-24)8-15-11-25-27-19(15)13-4-6-16(23)7-5-13/h4-9,11-12H,1-3H3,(H,25,27)(H,26,28)/b14-8+. The first-order valence-corrected chi connectivity index (χ1v) is 10.9. The van der Waals surface area contributed by atoms with E-state index in [2.05, 4.69) is 31.4 Å². The summed E-state index contributed by atoms with van der Waals surface area (Å²) in [6, 6.07) is 11.2. The van der Waals surface area contributed by atoms with E-state index >= 15 is 0 Å². The highest BCUT2D eigenvalue weighted by Gasteiger charge is 2.21. The number of hydrogen-bond acceptors (Lipinski definition) is 6. The second-order valence-corrected chi connectivity index (χ2v) is 8.87. The Hall–Kier alpha value is -3.22. The number of rotatable bonds is 6. The highest BCUT2D eigenvalue weighted by atomic mass is 79.9. The smallest absolute Gasteiger partial charge is 0.340 e. The minimum Gasteiger partial charge on any atom is -0.465 e. The molecule has 2 heterocycles. The van der Waals surface area contributed by atoms with E-state index in [1.165, 1.54) is 24.5 Å². The molecule has 0 saturated heterocycles. The van der Waals surface area contributed by atoms with E-state index < -0.39 is 11.9 Å². The van der Waals surface area contributed by atoms with Gasteiger partial charge in [-0.2, -0.15) is 10.4 Å². The van der Waals surface area contributed by atoms with Crippen LogP contribution < -0.4 is 5.32 Å². The Morgan fingerprint density at radius 1 is 1.32 bits per heavy atom. The summed E-state index contributed by atoms with van der Waals surface area (Å²) in [7, 11) is 1.28. The number of amides is 1. The van der Waals surface area contributed by atoms with E-state index in [1.807, 2.05) is 44.2 Å². The van der Waals surface area contributed by atoms with Crippen molar-refractivity contribution < 1.29 is 14.3 Å². The number of esters is 1. The zero-order valence-corrected chi connectivity index (χ0v) is 19.4. The number of methoxy groups -OCH3 is 1. The SMILES string of the molecule is COC(=O)c1cc(C(C)C)sc1NC(=O)/C(C#N)=C/c1cn[nH]c1-c1ccc(Br)cc1. The molecule has 0 saturated carbocycles. The normalized spacial score (nSPS) is 11.3. The van der Waals surface area contributed by atoms with Crippen LogP contribution in [0.5, 0.6) is 0 Å². The number of H-pyrrole nitrogens is 1. The predicted octanol–water partition coefficient (Wildman–Crippen LogP) is 5.36. The van der Waals surface area contributed by atoms with Gasteiger partial charge < -0.3 is 10.1 Å². The number of nitrogens with zero attached hydrogens (tertiary/aromatic N) is 2. The maximum Gasteiger partial charge on any atom is 0.340 e. The van der Waals surface area contributed by atoms with Gasteiger partial charge in [0, 0.05) is 20.5 Å². The van der Waals surface area contributed by atoms with E-state index in [1.54, 1.807) is 12.3 Å². The molecule has 0 spiro atoms. The van der Waals surface area contributed by atoms with Gasteiger partial charge >= 0.3 is 5.97 Å². The first-order chi connectivity index (χ1) is 14.8. The van der Waals surface area contributed by atoms with Crippen molar-refractivity contribution >= 4 is 50.2 Å². The third-order valence-corrected chi connectivity index (χ3v) is 6.30. The van der Waals surface area contributed by atoms with E-state index in [4.69, 9.17) is 4.74 Å². The number of nitrogens with one attached hydrogen (secondary N) is 2.